The number of carbonyl (C=O) groups is 2. The van der Waals surface area contributed by atoms with E-state index in [9.17, 15) is 9.59 Å². The second-order valence-corrected chi connectivity index (χ2v) is 9.15. The number of rotatable bonds is 7. The topological polar surface area (TPSA) is 73.4 Å². The normalized spacial score (nSPS) is 15.0. The van der Waals surface area contributed by atoms with Crippen LogP contribution in [0, 0.1) is 6.92 Å². The summed E-state index contributed by atoms with van der Waals surface area (Å²) in [5, 5.41) is 8.87. The number of hydrogen-bond acceptors (Lipinski definition) is 4. The van der Waals surface area contributed by atoms with E-state index in [1.807, 2.05) is 49.4 Å². The highest BCUT2D eigenvalue weighted by atomic mass is 32.2. The molecule has 0 unspecified atom stereocenters. The lowest BCUT2D eigenvalue weighted by atomic mass is 9.95. The molecular formula is C25H22N2O3S2. The van der Waals surface area contributed by atoms with Crippen LogP contribution in [-0.4, -0.2) is 37.7 Å². The summed E-state index contributed by atoms with van der Waals surface area (Å²) in [5.74, 6) is -1.06. The molecule has 1 fully saturated rings. The second-order valence-electron chi connectivity index (χ2n) is 7.48. The summed E-state index contributed by atoms with van der Waals surface area (Å²) in [5.41, 5.74) is 6.14. The molecule has 0 spiro atoms. The Bertz CT molecular complexity index is 1200. The van der Waals surface area contributed by atoms with Gasteiger partial charge in [-0.05, 0) is 30.5 Å². The second kappa shape index (κ2) is 9.54. The van der Waals surface area contributed by atoms with Crippen molar-refractivity contribution < 1.29 is 14.7 Å². The first-order valence-corrected chi connectivity index (χ1v) is 11.5. The van der Waals surface area contributed by atoms with Crippen molar-refractivity contribution in [3.63, 3.8) is 0 Å². The minimum atomic E-state index is -0.881. The molecule has 32 heavy (non-hydrogen) atoms. The lowest BCUT2D eigenvalue weighted by Gasteiger charge is -2.13. The fraction of sp³-hybridized carbons (Fsp3) is 0.160. The largest absolute Gasteiger partial charge is 0.481 e. The van der Waals surface area contributed by atoms with Gasteiger partial charge in [0.25, 0.3) is 5.91 Å². The van der Waals surface area contributed by atoms with Crippen LogP contribution in [0.15, 0.2) is 65.6 Å². The van der Waals surface area contributed by atoms with E-state index in [1.165, 1.54) is 16.7 Å². The lowest BCUT2D eigenvalue weighted by molar-refractivity contribution is -0.137. The summed E-state index contributed by atoms with van der Waals surface area (Å²) in [6.45, 7) is 2.34. The Balaban J connectivity index is 1.75. The van der Waals surface area contributed by atoms with Gasteiger partial charge in [-0.2, -0.15) is 0 Å². The summed E-state index contributed by atoms with van der Waals surface area (Å²) in [4.78, 5) is 29.3. The molecular weight excluding hydrogens is 440 g/mol. The van der Waals surface area contributed by atoms with Crippen LogP contribution < -0.4 is 0 Å². The molecule has 2 N–H and O–H groups in total. The molecule has 5 nitrogen and oxygen atoms in total. The predicted molar refractivity (Wildman–Crippen MR) is 133 cm³/mol. The molecule has 1 saturated heterocycles. The zero-order valence-electron chi connectivity index (χ0n) is 17.5. The van der Waals surface area contributed by atoms with Gasteiger partial charge in [-0.1, -0.05) is 84.6 Å². The maximum atomic E-state index is 13.0. The van der Waals surface area contributed by atoms with Gasteiger partial charge >= 0.3 is 5.97 Å². The highest BCUT2D eigenvalue weighted by molar-refractivity contribution is 8.26. The third kappa shape index (κ3) is 4.54. The predicted octanol–water partition coefficient (Wildman–Crippen LogP) is 5.72. The summed E-state index contributed by atoms with van der Waals surface area (Å²) < 4.78 is 0.458. The maximum Gasteiger partial charge on any atom is 0.303 e. The molecule has 0 atom stereocenters. The third-order valence-electron chi connectivity index (χ3n) is 5.26. The smallest absolute Gasteiger partial charge is 0.303 e. The van der Waals surface area contributed by atoms with Crippen molar-refractivity contribution in [2.75, 3.05) is 6.54 Å². The van der Waals surface area contributed by atoms with E-state index in [0.29, 0.717) is 22.2 Å². The van der Waals surface area contributed by atoms with E-state index in [4.69, 9.17) is 17.3 Å². The number of aliphatic carboxylic acids is 1. The van der Waals surface area contributed by atoms with Crippen LogP contribution in [0.2, 0.25) is 0 Å². The highest BCUT2D eigenvalue weighted by Gasteiger charge is 2.32. The van der Waals surface area contributed by atoms with Crippen molar-refractivity contribution >= 4 is 46.3 Å². The Labute approximate surface area is 196 Å². The van der Waals surface area contributed by atoms with Gasteiger partial charge in [-0.15, -0.1) is 0 Å². The number of carboxylic acid groups (broad SMARTS) is 1. The van der Waals surface area contributed by atoms with Crippen LogP contribution in [0.25, 0.3) is 28.3 Å². The number of aromatic nitrogens is 1. The number of thiocarbonyl (C=S) groups is 1. The fourth-order valence-corrected chi connectivity index (χ4v) is 5.13. The third-order valence-corrected chi connectivity index (χ3v) is 6.64. The molecule has 2 heterocycles. The van der Waals surface area contributed by atoms with Crippen LogP contribution in [0.4, 0.5) is 0 Å². The van der Waals surface area contributed by atoms with E-state index in [0.717, 1.165) is 33.6 Å². The number of nitrogens with one attached hydrogen (secondary N) is 1. The van der Waals surface area contributed by atoms with Crippen LogP contribution in [-0.2, 0) is 9.59 Å². The van der Waals surface area contributed by atoms with Gasteiger partial charge in [0.05, 0.1) is 4.91 Å². The number of nitrogens with zero attached hydrogens (tertiary/aromatic N) is 1. The summed E-state index contributed by atoms with van der Waals surface area (Å²) in [7, 11) is 0. The van der Waals surface area contributed by atoms with E-state index in [2.05, 4.69) is 29.2 Å². The first kappa shape index (κ1) is 22.0. The minimum Gasteiger partial charge on any atom is -0.481 e. The van der Waals surface area contributed by atoms with Gasteiger partial charge in [0.1, 0.15) is 4.32 Å². The van der Waals surface area contributed by atoms with E-state index in [-0.39, 0.29) is 12.3 Å². The van der Waals surface area contributed by atoms with Crippen molar-refractivity contribution in [2.24, 2.45) is 0 Å². The first-order chi connectivity index (χ1) is 15.5. The van der Waals surface area contributed by atoms with E-state index >= 15 is 0 Å². The van der Waals surface area contributed by atoms with Gasteiger partial charge in [0, 0.05) is 35.5 Å². The zero-order valence-corrected chi connectivity index (χ0v) is 19.1. The first-order valence-electron chi connectivity index (χ1n) is 10.3. The number of aryl methyl sites for hydroxylation is 1. The quantitative estimate of drug-likeness (QED) is 0.347. The van der Waals surface area contributed by atoms with Crippen molar-refractivity contribution in [1.29, 1.82) is 0 Å². The molecule has 7 heteroatoms. The molecule has 1 aromatic heterocycles. The van der Waals surface area contributed by atoms with Crippen LogP contribution in [0.3, 0.4) is 0 Å². The Kier molecular flexibility index (Phi) is 6.58. The van der Waals surface area contributed by atoms with Gasteiger partial charge in [-0.3, -0.25) is 14.5 Å². The fourth-order valence-electron chi connectivity index (χ4n) is 3.84. The molecule has 4 rings (SSSR count). The average Bonchev–Trinajstić information content (AvgIpc) is 3.25. The van der Waals surface area contributed by atoms with Crippen LogP contribution in [0.1, 0.15) is 24.2 Å². The molecule has 1 amide bonds. The number of carbonyl (C=O) groups excluding carboxylic acids is 1. The maximum absolute atomic E-state index is 13.0. The summed E-state index contributed by atoms with van der Waals surface area (Å²) >= 11 is 6.65. The van der Waals surface area contributed by atoms with Crippen molar-refractivity contribution in [2.45, 2.75) is 19.8 Å². The Hall–Kier alpha value is -3.16. The molecule has 1 aliphatic rings. The van der Waals surface area contributed by atoms with Crippen molar-refractivity contribution in [1.82, 2.24) is 9.88 Å². The monoisotopic (exact) mass is 462 g/mol. The SMILES string of the molecule is Cc1[nH]c(C=C2SC(=S)N(CCCC(=O)O)C2=O)c(-c2ccccc2)c1-c1ccccc1. The Morgan fingerprint density at radius 3 is 2.25 bits per heavy atom. The summed E-state index contributed by atoms with van der Waals surface area (Å²) in [6.07, 6.45) is 2.23. The lowest BCUT2D eigenvalue weighted by Crippen LogP contribution is -2.29. The molecule has 0 saturated carbocycles. The van der Waals surface area contributed by atoms with Gasteiger partial charge < -0.3 is 10.1 Å². The minimum absolute atomic E-state index is 0.00449. The molecule has 1 aliphatic heterocycles. The number of aromatic amines is 1. The zero-order chi connectivity index (χ0) is 22.7. The van der Waals surface area contributed by atoms with Gasteiger partial charge in [0.15, 0.2) is 0 Å². The van der Waals surface area contributed by atoms with Gasteiger partial charge in [-0.25, -0.2) is 0 Å². The summed E-state index contributed by atoms with van der Waals surface area (Å²) in [6, 6.07) is 20.3. The molecule has 0 radical (unpaired) electrons. The number of benzene rings is 2. The van der Waals surface area contributed by atoms with Gasteiger partial charge in [0.2, 0.25) is 0 Å². The number of amides is 1. The Morgan fingerprint density at radius 2 is 1.66 bits per heavy atom. The van der Waals surface area contributed by atoms with E-state index in [1.54, 1.807) is 0 Å². The molecule has 162 valence electrons. The molecule has 3 aromatic rings. The van der Waals surface area contributed by atoms with Crippen LogP contribution >= 0.6 is 24.0 Å². The molecule has 2 aromatic carbocycles. The number of thioether (sulfide) groups is 1. The molecule has 0 aliphatic carbocycles. The number of carboxylic acids is 1. The average molecular weight is 463 g/mol. The van der Waals surface area contributed by atoms with Crippen molar-refractivity contribution in [3.05, 3.63) is 77.0 Å². The van der Waals surface area contributed by atoms with E-state index < -0.39 is 5.97 Å². The van der Waals surface area contributed by atoms with Crippen molar-refractivity contribution in [3.8, 4) is 22.3 Å². The molecule has 0 bridgehead atoms. The highest BCUT2D eigenvalue weighted by Crippen LogP contribution is 2.40. The number of hydrogen-bond donors (Lipinski definition) is 2. The van der Waals surface area contributed by atoms with Crippen LogP contribution in [0.5, 0.6) is 0 Å². The Morgan fingerprint density at radius 1 is 1.06 bits per heavy atom. The number of H-pyrrole nitrogens is 1. The standard InChI is InChI=1S/C25H22N2O3S2/c1-16-22(17-9-4-2-5-10-17)23(18-11-6-3-7-12-18)19(26-16)15-20-24(30)27(25(31)32-20)14-8-13-21(28)29/h2-7,9-12,15,26H,8,13-14H2,1H3,(H,28,29).